The minimum absolute atomic E-state index is 0. The highest BCUT2D eigenvalue weighted by molar-refractivity contribution is 5.94. The Balaban J connectivity index is 0.00000288. The summed E-state index contributed by atoms with van der Waals surface area (Å²) >= 11 is 0. The molecule has 0 aliphatic carbocycles. The van der Waals surface area contributed by atoms with Crippen molar-refractivity contribution in [3.63, 3.8) is 0 Å². The van der Waals surface area contributed by atoms with Crippen molar-refractivity contribution in [2.45, 2.75) is 32.6 Å². The average molecular weight is 392 g/mol. The third kappa shape index (κ3) is 7.50. The number of morpholine rings is 1. The van der Waals surface area contributed by atoms with E-state index in [9.17, 15) is 4.79 Å². The zero-order valence-electron chi connectivity index (χ0n) is 15.5. The molecule has 0 saturated carbocycles. The van der Waals surface area contributed by atoms with Crippen molar-refractivity contribution in [3.05, 3.63) is 35.4 Å². The summed E-state index contributed by atoms with van der Waals surface area (Å²) in [5.41, 5.74) is 1.98. The maximum atomic E-state index is 12.3. The summed E-state index contributed by atoms with van der Waals surface area (Å²) in [5, 5.41) is 3.06. The number of ether oxygens (including phenoxy) is 1. The van der Waals surface area contributed by atoms with E-state index in [1.807, 2.05) is 26.2 Å². The number of likely N-dealkylation sites (N-methyl/N-ethyl adjacent to an activating group) is 2. The second-order valence-electron chi connectivity index (χ2n) is 6.48. The molecule has 2 rings (SSSR count). The van der Waals surface area contributed by atoms with Crippen molar-refractivity contribution in [2.75, 3.05) is 40.3 Å². The molecule has 25 heavy (non-hydrogen) atoms. The Bertz CT molecular complexity index is 504. The highest BCUT2D eigenvalue weighted by atomic mass is 35.5. The van der Waals surface area contributed by atoms with Crippen LogP contribution in [0, 0.1) is 0 Å². The maximum absolute atomic E-state index is 12.3. The molecule has 0 radical (unpaired) electrons. The number of nitrogens with one attached hydrogen (secondary N) is 1. The molecule has 7 heteroatoms. The van der Waals surface area contributed by atoms with E-state index in [1.165, 1.54) is 5.56 Å². The lowest BCUT2D eigenvalue weighted by Crippen LogP contribution is -2.44. The zero-order chi connectivity index (χ0) is 16.8. The lowest BCUT2D eigenvalue weighted by Gasteiger charge is -2.35. The van der Waals surface area contributed by atoms with Crippen LogP contribution in [0.4, 0.5) is 0 Å². The molecule has 1 saturated heterocycles. The molecular weight excluding hydrogens is 361 g/mol. The van der Waals surface area contributed by atoms with Gasteiger partial charge in [0.25, 0.3) is 5.91 Å². The molecule has 1 aromatic rings. The second-order valence-corrected chi connectivity index (χ2v) is 6.48. The third-order valence-electron chi connectivity index (χ3n) is 4.15. The predicted molar refractivity (Wildman–Crippen MR) is 107 cm³/mol. The summed E-state index contributed by atoms with van der Waals surface area (Å²) in [4.78, 5) is 16.5. The molecule has 1 amide bonds. The summed E-state index contributed by atoms with van der Waals surface area (Å²) in [6.07, 6.45) is 0.556. The van der Waals surface area contributed by atoms with Crippen LogP contribution in [0.25, 0.3) is 0 Å². The number of carbonyl (C=O) groups is 1. The zero-order valence-corrected chi connectivity index (χ0v) is 17.2. The third-order valence-corrected chi connectivity index (χ3v) is 4.15. The SMILES string of the molecule is CNCCN(C)C(=O)c1ccc(CN2CC(C)OC(C)C2)cc1.Cl.Cl. The summed E-state index contributed by atoms with van der Waals surface area (Å²) in [5.74, 6) is 0.0698. The van der Waals surface area contributed by atoms with E-state index in [1.54, 1.807) is 4.90 Å². The molecule has 144 valence electrons. The minimum atomic E-state index is 0. The number of nitrogens with zero attached hydrogens (tertiary/aromatic N) is 2. The number of halogens is 2. The van der Waals surface area contributed by atoms with Crippen LogP contribution >= 0.6 is 24.8 Å². The molecule has 1 aliphatic rings. The fourth-order valence-electron chi connectivity index (χ4n) is 3.03. The molecule has 2 atom stereocenters. The van der Waals surface area contributed by atoms with E-state index in [2.05, 4.69) is 36.2 Å². The standard InChI is InChI=1S/C18H29N3O2.2ClH/c1-14-11-21(12-15(2)23-14)13-16-5-7-17(8-6-16)18(22)20(4)10-9-19-3;;/h5-8,14-15,19H,9-13H2,1-4H3;2*1H. The van der Waals surface area contributed by atoms with Crippen LogP contribution in [0.3, 0.4) is 0 Å². The van der Waals surface area contributed by atoms with Crippen LogP contribution in [-0.2, 0) is 11.3 Å². The van der Waals surface area contributed by atoms with Gasteiger partial charge in [-0.25, -0.2) is 0 Å². The lowest BCUT2D eigenvalue weighted by molar-refractivity contribution is -0.0704. The molecule has 1 N–H and O–H groups in total. The fraction of sp³-hybridized carbons (Fsp3) is 0.611. The van der Waals surface area contributed by atoms with Gasteiger partial charge in [-0.15, -0.1) is 24.8 Å². The second kappa shape index (κ2) is 11.7. The van der Waals surface area contributed by atoms with E-state index in [-0.39, 0.29) is 42.9 Å². The molecule has 0 spiro atoms. The molecule has 0 bridgehead atoms. The summed E-state index contributed by atoms with van der Waals surface area (Å²) in [6.45, 7) is 8.56. The molecule has 2 unspecified atom stereocenters. The molecule has 1 aliphatic heterocycles. The number of benzene rings is 1. The molecule has 1 aromatic carbocycles. The number of rotatable bonds is 6. The van der Waals surface area contributed by atoms with Crippen LogP contribution in [0.5, 0.6) is 0 Å². The van der Waals surface area contributed by atoms with E-state index in [0.717, 1.165) is 31.7 Å². The maximum Gasteiger partial charge on any atom is 0.253 e. The Morgan fingerprint density at radius 2 is 1.76 bits per heavy atom. The van der Waals surface area contributed by atoms with Gasteiger partial charge in [0.05, 0.1) is 12.2 Å². The van der Waals surface area contributed by atoms with Gasteiger partial charge in [0.1, 0.15) is 0 Å². The monoisotopic (exact) mass is 391 g/mol. The molecule has 1 fully saturated rings. The van der Waals surface area contributed by atoms with Gasteiger partial charge in [-0.1, -0.05) is 12.1 Å². The van der Waals surface area contributed by atoms with Crippen LogP contribution in [0.2, 0.25) is 0 Å². The van der Waals surface area contributed by atoms with Crippen molar-refractivity contribution in [1.29, 1.82) is 0 Å². The van der Waals surface area contributed by atoms with E-state index in [0.29, 0.717) is 6.54 Å². The topological polar surface area (TPSA) is 44.8 Å². The normalized spacial score (nSPS) is 20.3. The molecular formula is C18H31Cl2N3O2. The van der Waals surface area contributed by atoms with E-state index >= 15 is 0 Å². The number of hydrogen-bond donors (Lipinski definition) is 1. The van der Waals surface area contributed by atoms with E-state index < -0.39 is 0 Å². The summed E-state index contributed by atoms with van der Waals surface area (Å²) in [7, 11) is 3.73. The first-order valence-electron chi connectivity index (χ1n) is 8.36. The highest BCUT2D eigenvalue weighted by Crippen LogP contribution is 2.15. The van der Waals surface area contributed by atoms with Gasteiger partial charge in [0.2, 0.25) is 0 Å². The lowest BCUT2D eigenvalue weighted by atomic mass is 10.1. The minimum Gasteiger partial charge on any atom is -0.373 e. The van der Waals surface area contributed by atoms with Gasteiger partial charge in [0.15, 0.2) is 0 Å². The van der Waals surface area contributed by atoms with E-state index in [4.69, 9.17) is 4.74 Å². The van der Waals surface area contributed by atoms with Crippen LogP contribution in [-0.4, -0.2) is 68.2 Å². The molecule has 0 aromatic heterocycles. The van der Waals surface area contributed by atoms with Gasteiger partial charge in [0, 0.05) is 45.3 Å². The average Bonchev–Trinajstić information content (AvgIpc) is 2.51. The Morgan fingerprint density at radius 1 is 1.20 bits per heavy atom. The van der Waals surface area contributed by atoms with Crippen molar-refractivity contribution < 1.29 is 9.53 Å². The van der Waals surface area contributed by atoms with Gasteiger partial charge in [-0.3, -0.25) is 9.69 Å². The summed E-state index contributed by atoms with van der Waals surface area (Å²) in [6, 6.07) is 7.98. The van der Waals surface area contributed by atoms with Gasteiger partial charge in [-0.05, 0) is 38.6 Å². The van der Waals surface area contributed by atoms with Gasteiger partial charge < -0.3 is 15.0 Å². The Morgan fingerprint density at radius 3 is 2.28 bits per heavy atom. The highest BCUT2D eigenvalue weighted by Gasteiger charge is 2.22. The Kier molecular flexibility index (Phi) is 11.3. The summed E-state index contributed by atoms with van der Waals surface area (Å²) < 4.78 is 5.77. The number of hydrogen-bond acceptors (Lipinski definition) is 4. The fourth-order valence-corrected chi connectivity index (χ4v) is 3.03. The van der Waals surface area contributed by atoms with Crippen molar-refractivity contribution in [3.8, 4) is 0 Å². The van der Waals surface area contributed by atoms with Crippen molar-refractivity contribution in [1.82, 2.24) is 15.1 Å². The van der Waals surface area contributed by atoms with Crippen LogP contribution in [0.15, 0.2) is 24.3 Å². The smallest absolute Gasteiger partial charge is 0.253 e. The van der Waals surface area contributed by atoms with Gasteiger partial charge >= 0.3 is 0 Å². The van der Waals surface area contributed by atoms with Gasteiger partial charge in [-0.2, -0.15) is 0 Å². The van der Waals surface area contributed by atoms with Crippen LogP contribution in [0.1, 0.15) is 29.8 Å². The number of carbonyl (C=O) groups excluding carboxylic acids is 1. The number of amides is 1. The largest absolute Gasteiger partial charge is 0.373 e. The van der Waals surface area contributed by atoms with Crippen molar-refractivity contribution in [2.24, 2.45) is 0 Å². The Labute approximate surface area is 163 Å². The first kappa shape index (κ1) is 24.1. The Hall–Kier alpha value is -0.850. The first-order valence-corrected chi connectivity index (χ1v) is 8.36. The molecule has 1 heterocycles. The molecule has 5 nitrogen and oxygen atoms in total. The quantitative estimate of drug-likeness (QED) is 0.808. The first-order chi connectivity index (χ1) is 11.0. The van der Waals surface area contributed by atoms with Crippen molar-refractivity contribution >= 4 is 30.7 Å². The predicted octanol–water partition coefficient (Wildman–Crippen LogP) is 2.43. The van der Waals surface area contributed by atoms with Crippen LogP contribution < -0.4 is 5.32 Å².